The van der Waals surface area contributed by atoms with E-state index in [2.05, 4.69) is 31.1 Å². The molecule has 20 heavy (non-hydrogen) atoms. The summed E-state index contributed by atoms with van der Waals surface area (Å²) in [5.41, 5.74) is 7.48. The molecule has 0 radical (unpaired) electrons. The van der Waals surface area contributed by atoms with Crippen LogP contribution < -0.4 is 10.5 Å². The molecule has 0 saturated heterocycles. The van der Waals surface area contributed by atoms with Crippen molar-refractivity contribution in [2.45, 2.75) is 13.5 Å². The van der Waals surface area contributed by atoms with E-state index in [1.165, 1.54) is 0 Å². The summed E-state index contributed by atoms with van der Waals surface area (Å²) in [4.78, 5) is 8.24. The highest BCUT2D eigenvalue weighted by atomic mass is 79.9. The van der Waals surface area contributed by atoms with Crippen LogP contribution in [0.15, 0.2) is 40.0 Å². The van der Waals surface area contributed by atoms with Crippen molar-refractivity contribution in [2.24, 2.45) is 10.9 Å². The van der Waals surface area contributed by atoms with Crippen LogP contribution in [-0.4, -0.2) is 21.0 Å². The van der Waals surface area contributed by atoms with Gasteiger partial charge >= 0.3 is 6.01 Å². The minimum Gasteiger partial charge on any atom is -0.459 e. The zero-order valence-electron chi connectivity index (χ0n) is 10.7. The number of benzene rings is 1. The molecule has 6 nitrogen and oxygen atoms in total. The maximum absolute atomic E-state index is 8.67. The molecule has 0 aliphatic carbocycles. The zero-order valence-corrected chi connectivity index (χ0v) is 12.3. The maximum atomic E-state index is 8.67. The van der Waals surface area contributed by atoms with Crippen molar-refractivity contribution in [1.29, 1.82) is 0 Å². The van der Waals surface area contributed by atoms with E-state index in [0.717, 1.165) is 10.0 Å². The van der Waals surface area contributed by atoms with E-state index in [4.69, 9.17) is 15.7 Å². The zero-order chi connectivity index (χ0) is 14.5. The van der Waals surface area contributed by atoms with Gasteiger partial charge in [-0.15, -0.1) is 0 Å². The Bertz CT molecular complexity index is 646. The van der Waals surface area contributed by atoms with Gasteiger partial charge in [-0.3, -0.25) is 0 Å². The van der Waals surface area contributed by atoms with Crippen LogP contribution in [0.3, 0.4) is 0 Å². The first kappa shape index (κ1) is 14.3. The van der Waals surface area contributed by atoms with Crippen molar-refractivity contribution in [3.63, 3.8) is 0 Å². The molecule has 0 fully saturated rings. The third-order valence-electron chi connectivity index (χ3n) is 2.52. The summed E-state index contributed by atoms with van der Waals surface area (Å²) in [7, 11) is 0. The lowest BCUT2D eigenvalue weighted by Crippen LogP contribution is -2.16. The first-order valence-corrected chi connectivity index (χ1v) is 6.59. The summed E-state index contributed by atoms with van der Waals surface area (Å²) < 4.78 is 6.49. The number of halogens is 1. The van der Waals surface area contributed by atoms with Gasteiger partial charge in [0, 0.05) is 15.7 Å². The Morgan fingerprint density at radius 2 is 2.15 bits per heavy atom. The highest BCUT2D eigenvalue weighted by molar-refractivity contribution is 9.10. The fourth-order valence-corrected chi connectivity index (χ4v) is 1.95. The van der Waals surface area contributed by atoms with Crippen molar-refractivity contribution in [2.75, 3.05) is 0 Å². The van der Waals surface area contributed by atoms with E-state index in [0.29, 0.717) is 18.0 Å². The van der Waals surface area contributed by atoms with Crippen molar-refractivity contribution in [3.8, 4) is 6.01 Å². The topological polar surface area (TPSA) is 93.6 Å². The molecule has 104 valence electrons. The molecule has 2 aromatic rings. The Balaban J connectivity index is 2.18. The number of nitrogens with zero attached hydrogens (tertiary/aromatic N) is 3. The Morgan fingerprint density at radius 1 is 1.40 bits per heavy atom. The van der Waals surface area contributed by atoms with E-state index in [9.17, 15) is 0 Å². The van der Waals surface area contributed by atoms with Gasteiger partial charge in [-0.05, 0) is 19.1 Å². The standard InChI is InChI=1S/C13H13BrN4O2/c1-8-6-11(12(15)18-19)17-13(16-8)20-7-9-4-2-3-5-10(9)14/h2-6,19H,7H2,1H3,(H2,15,18). The van der Waals surface area contributed by atoms with Gasteiger partial charge in [-0.2, -0.15) is 4.98 Å². The first-order valence-electron chi connectivity index (χ1n) is 5.80. The third-order valence-corrected chi connectivity index (χ3v) is 3.29. The molecule has 0 spiro atoms. The van der Waals surface area contributed by atoms with Crippen LogP contribution >= 0.6 is 15.9 Å². The van der Waals surface area contributed by atoms with Crippen LogP contribution in [0, 0.1) is 6.92 Å². The molecule has 0 atom stereocenters. The highest BCUT2D eigenvalue weighted by Crippen LogP contribution is 2.17. The van der Waals surface area contributed by atoms with Crippen LogP contribution in [0.25, 0.3) is 0 Å². The number of aryl methyl sites for hydroxylation is 1. The van der Waals surface area contributed by atoms with E-state index in [-0.39, 0.29) is 11.8 Å². The number of hydrogen-bond donors (Lipinski definition) is 2. The Morgan fingerprint density at radius 3 is 2.85 bits per heavy atom. The molecule has 1 aromatic heterocycles. The van der Waals surface area contributed by atoms with Crippen molar-refractivity contribution in [1.82, 2.24) is 9.97 Å². The predicted octanol–water partition coefficient (Wildman–Crippen LogP) is 2.22. The lowest BCUT2D eigenvalue weighted by Gasteiger charge is -2.08. The van der Waals surface area contributed by atoms with Crippen LogP contribution in [0.5, 0.6) is 6.01 Å². The average molecular weight is 337 g/mol. The largest absolute Gasteiger partial charge is 0.459 e. The minimum absolute atomic E-state index is 0.0822. The Hall–Kier alpha value is -2.15. The normalized spacial score (nSPS) is 11.4. The number of aromatic nitrogens is 2. The molecule has 0 saturated carbocycles. The molecule has 0 amide bonds. The summed E-state index contributed by atoms with van der Waals surface area (Å²) in [5, 5.41) is 11.6. The third kappa shape index (κ3) is 3.45. The lowest BCUT2D eigenvalue weighted by atomic mass is 10.2. The molecule has 0 aliphatic rings. The summed E-state index contributed by atoms with van der Waals surface area (Å²) in [5.74, 6) is -0.0822. The van der Waals surface area contributed by atoms with E-state index < -0.39 is 0 Å². The molecular weight excluding hydrogens is 324 g/mol. The fourth-order valence-electron chi connectivity index (χ4n) is 1.55. The second-order valence-electron chi connectivity index (χ2n) is 4.04. The molecule has 0 bridgehead atoms. The van der Waals surface area contributed by atoms with E-state index in [1.807, 2.05) is 24.3 Å². The average Bonchev–Trinajstić information content (AvgIpc) is 2.45. The van der Waals surface area contributed by atoms with Gasteiger partial charge in [-0.25, -0.2) is 4.98 Å². The second kappa shape index (κ2) is 6.33. The van der Waals surface area contributed by atoms with E-state index in [1.54, 1.807) is 13.0 Å². The Labute approximate surface area is 124 Å². The smallest absolute Gasteiger partial charge is 0.317 e. The Kier molecular flexibility index (Phi) is 4.52. The quantitative estimate of drug-likeness (QED) is 0.386. The molecule has 1 heterocycles. The van der Waals surface area contributed by atoms with Gasteiger partial charge in [0.15, 0.2) is 5.84 Å². The van der Waals surface area contributed by atoms with Gasteiger partial charge in [0.1, 0.15) is 12.3 Å². The second-order valence-corrected chi connectivity index (χ2v) is 4.90. The number of nitrogens with two attached hydrogens (primary N) is 1. The monoisotopic (exact) mass is 336 g/mol. The molecule has 2 rings (SSSR count). The summed E-state index contributed by atoms with van der Waals surface area (Å²) in [6, 6.07) is 9.50. The van der Waals surface area contributed by atoms with Gasteiger partial charge in [0.2, 0.25) is 0 Å². The van der Waals surface area contributed by atoms with Gasteiger partial charge in [-0.1, -0.05) is 39.3 Å². The van der Waals surface area contributed by atoms with Gasteiger partial charge in [0.05, 0.1) is 0 Å². The van der Waals surface area contributed by atoms with Crippen LogP contribution in [-0.2, 0) is 6.61 Å². The predicted molar refractivity (Wildman–Crippen MR) is 77.8 cm³/mol. The maximum Gasteiger partial charge on any atom is 0.317 e. The van der Waals surface area contributed by atoms with Crippen molar-refractivity contribution >= 4 is 21.8 Å². The molecule has 7 heteroatoms. The number of hydrogen-bond acceptors (Lipinski definition) is 5. The van der Waals surface area contributed by atoms with Crippen molar-refractivity contribution < 1.29 is 9.94 Å². The highest BCUT2D eigenvalue weighted by Gasteiger charge is 2.08. The first-order chi connectivity index (χ1) is 9.60. The van der Waals surface area contributed by atoms with Gasteiger partial charge < -0.3 is 15.7 Å². The van der Waals surface area contributed by atoms with Crippen LogP contribution in [0.4, 0.5) is 0 Å². The van der Waals surface area contributed by atoms with Gasteiger partial charge in [0.25, 0.3) is 0 Å². The minimum atomic E-state index is -0.0822. The molecule has 0 unspecified atom stereocenters. The number of rotatable bonds is 4. The molecule has 0 aliphatic heterocycles. The van der Waals surface area contributed by atoms with Crippen molar-refractivity contribution in [3.05, 3.63) is 51.8 Å². The summed E-state index contributed by atoms with van der Waals surface area (Å²) in [6.07, 6.45) is 0. The molecular formula is C13H13BrN4O2. The van der Waals surface area contributed by atoms with Crippen LogP contribution in [0.1, 0.15) is 17.0 Å². The summed E-state index contributed by atoms with van der Waals surface area (Å²) in [6.45, 7) is 2.10. The summed E-state index contributed by atoms with van der Waals surface area (Å²) >= 11 is 3.44. The number of oxime groups is 1. The van der Waals surface area contributed by atoms with E-state index >= 15 is 0 Å². The number of amidine groups is 1. The lowest BCUT2D eigenvalue weighted by molar-refractivity contribution is 0.279. The molecule has 3 N–H and O–H groups in total. The SMILES string of the molecule is Cc1cc(/C(N)=N/O)nc(OCc2ccccc2Br)n1. The van der Waals surface area contributed by atoms with Crippen LogP contribution in [0.2, 0.25) is 0 Å². The molecule has 1 aromatic carbocycles. The fraction of sp³-hybridized carbons (Fsp3) is 0.154. The number of ether oxygens (including phenoxy) is 1.